The lowest BCUT2D eigenvalue weighted by molar-refractivity contribution is -0.133. The molecule has 1 aliphatic heterocycles. The second-order valence-corrected chi connectivity index (χ2v) is 5.05. The van der Waals surface area contributed by atoms with Crippen LogP contribution in [0.4, 0.5) is 0 Å². The SMILES string of the molecule is Cc1ccc(OC2CCCN(C(=O)CCCl)C2)nn1. The Balaban J connectivity index is 1.90. The van der Waals surface area contributed by atoms with Gasteiger partial charge < -0.3 is 9.64 Å². The van der Waals surface area contributed by atoms with E-state index in [0.717, 1.165) is 25.1 Å². The van der Waals surface area contributed by atoms with Crippen molar-refractivity contribution in [2.75, 3.05) is 19.0 Å². The molecule has 0 bridgehead atoms. The van der Waals surface area contributed by atoms with E-state index in [9.17, 15) is 4.79 Å². The Labute approximate surface area is 117 Å². The molecule has 0 aliphatic carbocycles. The molecule has 1 atom stereocenters. The topological polar surface area (TPSA) is 55.3 Å². The summed E-state index contributed by atoms with van der Waals surface area (Å²) in [5.41, 5.74) is 0.856. The molecule has 1 unspecified atom stereocenters. The first-order valence-corrected chi connectivity index (χ1v) is 7.03. The van der Waals surface area contributed by atoms with E-state index in [-0.39, 0.29) is 12.0 Å². The predicted octanol–water partition coefficient (Wildman–Crippen LogP) is 1.78. The zero-order chi connectivity index (χ0) is 13.7. The van der Waals surface area contributed by atoms with Crippen LogP contribution in [0.2, 0.25) is 0 Å². The van der Waals surface area contributed by atoms with Crippen LogP contribution in [-0.2, 0) is 4.79 Å². The zero-order valence-corrected chi connectivity index (χ0v) is 11.8. The summed E-state index contributed by atoms with van der Waals surface area (Å²) in [7, 11) is 0. The molecule has 1 fully saturated rings. The van der Waals surface area contributed by atoms with Crippen molar-refractivity contribution in [3.63, 3.8) is 0 Å². The maximum absolute atomic E-state index is 11.8. The van der Waals surface area contributed by atoms with E-state index in [1.165, 1.54) is 0 Å². The molecular formula is C13H18ClN3O2. The molecule has 104 valence electrons. The molecule has 0 spiro atoms. The van der Waals surface area contributed by atoms with Gasteiger partial charge in [-0.1, -0.05) is 0 Å². The summed E-state index contributed by atoms with van der Waals surface area (Å²) in [5.74, 6) is 0.977. The number of rotatable bonds is 4. The molecular weight excluding hydrogens is 266 g/mol. The van der Waals surface area contributed by atoms with Crippen molar-refractivity contribution in [3.05, 3.63) is 17.8 Å². The minimum Gasteiger partial charge on any atom is -0.471 e. The average Bonchev–Trinajstić information content (AvgIpc) is 2.42. The van der Waals surface area contributed by atoms with Crippen LogP contribution in [-0.4, -0.2) is 46.1 Å². The standard InChI is InChI=1S/C13H18ClN3O2/c1-10-4-5-12(16-15-10)19-11-3-2-8-17(9-11)13(18)6-7-14/h4-5,11H,2-3,6-9H2,1H3. The van der Waals surface area contributed by atoms with Gasteiger partial charge in [-0.25, -0.2) is 0 Å². The smallest absolute Gasteiger partial charge is 0.233 e. The van der Waals surface area contributed by atoms with Gasteiger partial charge in [0.15, 0.2) is 0 Å². The van der Waals surface area contributed by atoms with E-state index in [2.05, 4.69) is 10.2 Å². The van der Waals surface area contributed by atoms with E-state index in [1.54, 1.807) is 0 Å². The van der Waals surface area contributed by atoms with Crippen LogP contribution in [0.1, 0.15) is 25.0 Å². The molecule has 1 aromatic heterocycles. The van der Waals surface area contributed by atoms with Gasteiger partial charge in [0.1, 0.15) is 6.10 Å². The maximum atomic E-state index is 11.8. The number of hydrogen-bond donors (Lipinski definition) is 0. The van der Waals surface area contributed by atoms with Crippen LogP contribution in [0.5, 0.6) is 5.88 Å². The Hall–Kier alpha value is -1.36. The summed E-state index contributed by atoms with van der Waals surface area (Å²) in [6, 6.07) is 3.67. The third-order valence-electron chi connectivity index (χ3n) is 3.10. The fraction of sp³-hybridized carbons (Fsp3) is 0.615. The van der Waals surface area contributed by atoms with Crippen molar-refractivity contribution >= 4 is 17.5 Å². The molecule has 2 heterocycles. The van der Waals surface area contributed by atoms with E-state index in [4.69, 9.17) is 16.3 Å². The van der Waals surface area contributed by atoms with Crippen molar-refractivity contribution in [1.82, 2.24) is 15.1 Å². The Morgan fingerprint density at radius 3 is 3.05 bits per heavy atom. The summed E-state index contributed by atoms with van der Waals surface area (Å²) in [5, 5.41) is 7.94. The summed E-state index contributed by atoms with van der Waals surface area (Å²) in [4.78, 5) is 13.6. The van der Waals surface area contributed by atoms with Crippen LogP contribution in [0, 0.1) is 6.92 Å². The van der Waals surface area contributed by atoms with Crippen LogP contribution >= 0.6 is 11.6 Å². The lowest BCUT2D eigenvalue weighted by Gasteiger charge is -2.32. The molecule has 19 heavy (non-hydrogen) atoms. The monoisotopic (exact) mass is 283 g/mol. The van der Waals surface area contributed by atoms with Gasteiger partial charge in [0, 0.05) is 24.9 Å². The molecule has 5 nitrogen and oxygen atoms in total. The fourth-order valence-electron chi connectivity index (χ4n) is 2.12. The highest BCUT2D eigenvalue weighted by Crippen LogP contribution is 2.17. The maximum Gasteiger partial charge on any atom is 0.233 e. The molecule has 6 heteroatoms. The highest BCUT2D eigenvalue weighted by Gasteiger charge is 2.24. The lowest BCUT2D eigenvalue weighted by atomic mass is 10.1. The molecule has 2 rings (SSSR count). The van der Waals surface area contributed by atoms with E-state index in [0.29, 0.717) is 24.7 Å². The van der Waals surface area contributed by atoms with Crippen molar-refractivity contribution in [3.8, 4) is 5.88 Å². The molecule has 0 saturated carbocycles. The van der Waals surface area contributed by atoms with Crippen LogP contribution in [0.3, 0.4) is 0 Å². The number of piperidine rings is 1. The van der Waals surface area contributed by atoms with Gasteiger partial charge in [-0.3, -0.25) is 4.79 Å². The Kier molecular flexibility index (Phi) is 4.96. The van der Waals surface area contributed by atoms with Gasteiger partial charge in [-0.15, -0.1) is 16.7 Å². The first-order chi connectivity index (χ1) is 9.19. The normalized spacial score (nSPS) is 19.3. The van der Waals surface area contributed by atoms with E-state index < -0.39 is 0 Å². The Morgan fingerprint density at radius 1 is 1.53 bits per heavy atom. The summed E-state index contributed by atoms with van der Waals surface area (Å²) >= 11 is 5.60. The number of halogens is 1. The molecule has 0 aromatic carbocycles. The van der Waals surface area contributed by atoms with E-state index >= 15 is 0 Å². The Bertz CT molecular complexity index is 424. The fourth-order valence-corrected chi connectivity index (χ4v) is 2.28. The van der Waals surface area contributed by atoms with E-state index in [1.807, 2.05) is 24.0 Å². The average molecular weight is 284 g/mol. The molecule has 0 N–H and O–H groups in total. The summed E-state index contributed by atoms with van der Waals surface area (Å²) in [6.45, 7) is 3.27. The zero-order valence-electron chi connectivity index (χ0n) is 11.0. The van der Waals surface area contributed by atoms with Gasteiger partial charge in [0.25, 0.3) is 0 Å². The number of aromatic nitrogens is 2. The van der Waals surface area contributed by atoms with Crippen LogP contribution in [0.15, 0.2) is 12.1 Å². The van der Waals surface area contributed by atoms with Crippen molar-refractivity contribution in [2.24, 2.45) is 0 Å². The number of ether oxygens (including phenoxy) is 1. The second kappa shape index (κ2) is 6.70. The number of nitrogens with zero attached hydrogens (tertiary/aromatic N) is 3. The number of carbonyl (C=O) groups is 1. The molecule has 1 saturated heterocycles. The van der Waals surface area contributed by atoms with Crippen LogP contribution < -0.4 is 4.74 Å². The van der Waals surface area contributed by atoms with Gasteiger partial charge in [-0.05, 0) is 25.8 Å². The van der Waals surface area contributed by atoms with Crippen molar-refractivity contribution in [2.45, 2.75) is 32.3 Å². The number of aryl methyl sites for hydroxylation is 1. The molecule has 1 aromatic rings. The second-order valence-electron chi connectivity index (χ2n) is 4.67. The molecule has 1 amide bonds. The quantitative estimate of drug-likeness (QED) is 0.791. The van der Waals surface area contributed by atoms with Gasteiger partial charge in [-0.2, -0.15) is 5.10 Å². The van der Waals surface area contributed by atoms with Crippen molar-refractivity contribution < 1.29 is 9.53 Å². The number of carbonyl (C=O) groups excluding carboxylic acids is 1. The molecule has 1 aliphatic rings. The minimum atomic E-state index is -0.00923. The molecule has 0 radical (unpaired) electrons. The first kappa shape index (κ1) is 14.1. The predicted molar refractivity (Wildman–Crippen MR) is 72.3 cm³/mol. The first-order valence-electron chi connectivity index (χ1n) is 6.50. The van der Waals surface area contributed by atoms with Gasteiger partial charge >= 0.3 is 0 Å². The van der Waals surface area contributed by atoms with Crippen LogP contribution in [0.25, 0.3) is 0 Å². The number of likely N-dealkylation sites (tertiary alicyclic amines) is 1. The number of alkyl halides is 1. The highest BCUT2D eigenvalue weighted by atomic mass is 35.5. The Morgan fingerprint density at radius 2 is 2.37 bits per heavy atom. The largest absolute Gasteiger partial charge is 0.471 e. The summed E-state index contributed by atoms with van der Waals surface area (Å²) < 4.78 is 5.77. The third kappa shape index (κ3) is 4.06. The van der Waals surface area contributed by atoms with Crippen molar-refractivity contribution in [1.29, 1.82) is 0 Å². The van der Waals surface area contributed by atoms with Gasteiger partial charge in [0.05, 0.1) is 12.2 Å². The minimum absolute atomic E-state index is 0.00923. The highest BCUT2D eigenvalue weighted by molar-refractivity contribution is 6.18. The lowest BCUT2D eigenvalue weighted by Crippen LogP contribution is -2.44. The third-order valence-corrected chi connectivity index (χ3v) is 3.29. The number of hydrogen-bond acceptors (Lipinski definition) is 4. The van der Waals surface area contributed by atoms with Gasteiger partial charge in [0.2, 0.25) is 11.8 Å². The summed E-state index contributed by atoms with van der Waals surface area (Å²) in [6.07, 6.45) is 2.25. The number of amides is 1.